The first-order valence-electron chi connectivity index (χ1n) is 8.05. The van der Waals surface area contributed by atoms with Crippen LogP contribution in [0, 0.1) is 6.92 Å². The number of carbonyl (C=O) groups excluding carboxylic acids is 2. The molecule has 0 fully saturated rings. The van der Waals surface area contributed by atoms with E-state index in [1.807, 2.05) is 45.0 Å². The molecular formula is C17H22N4O2S2. The van der Waals surface area contributed by atoms with Gasteiger partial charge in [-0.15, -0.1) is 22.0 Å². The van der Waals surface area contributed by atoms with Crippen LogP contribution in [0.5, 0.6) is 0 Å². The Morgan fingerprint density at radius 3 is 2.64 bits per heavy atom. The summed E-state index contributed by atoms with van der Waals surface area (Å²) in [6, 6.07) is 7.75. The molecule has 25 heavy (non-hydrogen) atoms. The zero-order chi connectivity index (χ0) is 18.2. The monoisotopic (exact) mass is 378 g/mol. The van der Waals surface area contributed by atoms with Crippen LogP contribution in [-0.4, -0.2) is 33.8 Å². The van der Waals surface area contributed by atoms with Gasteiger partial charge in [0.25, 0.3) is 5.91 Å². The van der Waals surface area contributed by atoms with E-state index in [-0.39, 0.29) is 17.9 Å². The van der Waals surface area contributed by atoms with Gasteiger partial charge in [0.15, 0.2) is 0 Å². The second-order valence-corrected chi connectivity index (χ2v) is 7.74. The van der Waals surface area contributed by atoms with Gasteiger partial charge in [0.2, 0.25) is 10.9 Å². The number of aryl methyl sites for hydroxylation is 1. The van der Waals surface area contributed by atoms with Crippen molar-refractivity contribution in [1.82, 2.24) is 15.5 Å². The number of anilines is 1. The molecule has 8 heteroatoms. The first kappa shape index (κ1) is 19.4. The minimum Gasteiger partial charge on any atom is -0.353 e. The largest absolute Gasteiger partial charge is 0.353 e. The fraction of sp³-hybridized carbons (Fsp3) is 0.412. The van der Waals surface area contributed by atoms with Crippen LogP contribution in [0.1, 0.15) is 40.6 Å². The molecule has 2 amide bonds. The fourth-order valence-corrected chi connectivity index (χ4v) is 3.49. The lowest BCUT2D eigenvalue weighted by Gasteiger charge is -2.10. The Kier molecular flexibility index (Phi) is 7.39. The average molecular weight is 379 g/mol. The molecule has 2 aromatic rings. The van der Waals surface area contributed by atoms with E-state index in [4.69, 9.17) is 0 Å². The minimum absolute atomic E-state index is 0.0150. The van der Waals surface area contributed by atoms with Crippen molar-refractivity contribution in [3.8, 4) is 0 Å². The molecule has 2 N–H and O–H groups in total. The van der Waals surface area contributed by atoms with Crippen molar-refractivity contribution in [2.45, 2.75) is 39.0 Å². The molecule has 0 spiro atoms. The molecule has 0 bridgehead atoms. The Morgan fingerprint density at radius 1 is 1.24 bits per heavy atom. The first-order chi connectivity index (χ1) is 12.0. The zero-order valence-corrected chi connectivity index (χ0v) is 16.2. The summed E-state index contributed by atoms with van der Waals surface area (Å²) in [5.74, 6) is 0.673. The number of nitrogens with one attached hydrogen (secondary N) is 2. The molecule has 0 unspecified atom stereocenters. The van der Waals surface area contributed by atoms with Crippen molar-refractivity contribution >= 4 is 40.6 Å². The number of carbonyl (C=O) groups is 2. The zero-order valence-electron chi connectivity index (χ0n) is 14.5. The highest BCUT2D eigenvalue weighted by Crippen LogP contribution is 2.18. The van der Waals surface area contributed by atoms with E-state index in [1.165, 1.54) is 23.1 Å². The average Bonchev–Trinajstić information content (AvgIpc) is 3.06. The van der Waals surface area contributed by atoms with E-state index < -0.39 is 0 Å². The van der Waals surface area contributed by atoms with Gasteiger partial charge in [-0.3, -0.25) is 9.59 Å². The summed E-state index contributed by atoms with van der Waals surface area (Å²) in [6.45, 7) is 6.00. The van der Waals surface area contributed by atoms with Crippen molar-refractivity contribution in [2.24, 2.45) is 0 Å². The summed E-state index contributed by atoms with van der Waals surface area (Å²) < 4.78 is 0. The minimum atomic E-state index is -0.271. The number of rotatable bonds is 8. The number of amides is 2. The van der Waals surface area contributed by atoms with Crippen LogP contribution in [0.25, 0.3) is 0 Å². The van der Waals surface area contributed by atoms with Gasteiger partial charge in [-0.1, -0.05) is 36.0 Å². The van der Waals surface area contributed by atoms with Crippen molar-refractivity contribution in [1.29, 1.82) is 0 Å². The van der Waals surface area contributed by atoms with Crippen LogP contribution in [0.2, 0.25) is 0 Å². The molecular weight excluding hydrogens is 356 g/mol. The topological polar surface area (TPSA) is 84.0 Å². The Balaban J connectivity index is 1.80. The van der Waals surface area contributed by atoms with Gasteiger partial charge < -0.3 is 10.6 Å². The standard InChI is InChI=1S/C17H22N4O2S2/c1-4-12(3)18-14(22)9-24-10-15-20-21-17(25-15)16(23)19-13-7-5-11(2)6-8-13/h5-8,12H,4,9-10H2,1-3H3,(H,18,22)(H,19,23)/t12-/m0/s1. The van der Waals surface area contributed by atoms with Gasteiger partial charge in [0.1, 0.15) is 5.01 Å². The smallest absolute Gasteiger partial charge is 0.286 e. The van der Waals surface area contributed by atoms with Crippen molar-refractivity contribution < 1.29 is 9.59 Å². The second-order valence-electron chi connectivity index (χ2n) is 5.69. The molecule has 1 heterocycles. The molecule has 0 saturated heterocycles. The maximum Gasteiger partial charge on any atom is 0.286 e. The number of aromatic nitrogens is 2. The number of hydrogen-bond donors (Lipinski definition) is 2. The van der Waals surface area contributed by atoms with Crippen LogP contribution >= 0.6 is 23.1 Å². The molecule has 1 atom stereocenters. The summed E-state index contributed by atoms with van der Waals surface area (Å²) in [5.41, 5.74) is 1.86. The SMILES string of the molecule is CC[C@H](C)NC(=O)CSCc1nnc(C(=O)Nc2ccc(C)cc2)s1. The Labute approximate surface area is 155 Å². The first-order valence-corrected chi connectivity index (χ1v) is 10.0. The van der Waals surface area contributed by atoms with Crippen molar-refractivity contribution in [3.05, 3.63) is 39.8 Å². The van der Waals surface area contributed by atoms with Gasteiger partial charge >= 0.3 is 0 Å². The number of nitrogens with zero attached hydrogens (tertiary/aromatic N) is 2. The lowest BCUT2D eigenvalue weighted by Crippen LogP contribution is -2.33. The summed E-state index contributed by atoms with van der Waals surface area (Å²) in [4.78, 5) is 23.9. The van der Waals surface area contributed by atoms with Gasteiger partial charge in [0, 0.05) is 17.5 Å². The third-order valence-corrected chi connectivity index (χ3v) is 5.50. The van der Waals surface area contributed by atoms with Gasteiger partial charge in [-0.2, -0.15) is 0 Å². The van der Waals surface area contributed by atoms with Gasteiger partial charge in [-0.05, 0) is 32.4 Å². The lowest BCUT2D eigenvalue weighted by atomic mass is 10.2. The Hall–Kier alpha value is -1.93. The highest BCUT2D eigenvalue weighted by molar-refractivity contribution is 7.99. The third-order valence-electron chi connectivity index (χ3n) is 3.45. The molecule has 134 valence electrons. The molecule has 1 aromatic carbocycles. The summed E-state index contributed by atoms with van der Waals surface area (Å²) in [5, 5.41) is 14.7. The molecule has 0 aliphatic rings. The fourth-order valence-electron chi connectivity index (χ4n) is 1.87. The Bertz CT molecular complexity index is 716. The predicted octanol–water partition coefficient (Wildman–Crippen LogP) is 3.25. The van der Waals surface area contributed by atoms with E-state index in [2.05, 4.69) is 20.8 Å². The van der Waals surface area contributed by atoms with E-state index >= 15 is 0 Å². The van der Waals surface area contributed by atoms with Crippen LogP contribution < -0.4 is 10.6 Å². The number of thioether (sulfide) groups is 1. The second kappa shape index (κ2) is 9.53. The summed E-state index contributed by atoms with van der Waals surface area (Å²) >= 11 is 2.71. The maximum absolute atomic E-state index is 12.2. The van der Waals surface area contributed by atoms with Crippen molar-refractivity contribution in [3.63, 3.8) is 0 Å². The van der Waals surface area contributed by atoms with E-state index in [9.17, 15) is 9.59 Å². The molecule has 6 nitrogen and oxygen atoms in total. The van der Waals surface area contributed by atoms with E-state index in [0.717, 1.165) is 22.7 Å². The molecule has 2 rings (SSSR count). The van der Waals surface area contributed by atoms with Crippen molar-refractivity contribution in [2.75, 3.05) is 11.1 Å². The van der Waals surface area contributed by atoms with Gasteiger partial charge in [0.05, 0.1) is 5.75 Å². The third kappa shape index (κ3) is 6.47. The quantitative estimate of drug-likeness (QED) is 0.737. The molecule has 0 aliphatic heterocycles. The Morgan fingerprint density at radius 2 is 1.96 bits per heavy atom. The lowest BCUT2D eigenvalue weighted by molar-refractivity contribution is -0.119. The predicted molar refractivity (Wildman–Crippen MR) is 103 cm³/mol. The summed E-state index contributed by atoms with van der Waals surface area (Å²) in [6.07, 6.45) is 0.909. The molecule has 0 aliphatic carbocycles. The van der Waals surface area contributed by atoms with Gasteiger partial charge in [-0.25, -0.2) is 0 Å². The molecule has 1 aromatic heterocycles. The number of benzene rings is 1. The van der Waals surface area contributed by atoms with Crippen LogP contribution in [0.4, 0.5) is 5.69 Å². The van der Waals surface area contributed by atoms with Crippen LogP contribution in [-0.2, 0) is 10.5 Å². The maximum atomic E-state index is 12.2. The molecule has 0 saturated carbocycles. The van der Waals surface area contributed by atoms with Crippen LogP contribution in [0.3, 0.4) is 0 Å². The summed E-state index contributed by atoms with van der Waals surface area (Å²) in [7, 11) is 0. The van der Waals surface area contributed by atoms with Crippen LogP contribution in [0.15, 0.2) is 24.3 Å². The van der Waals surface area contributed by atoms with E-state index in [1.54, 1.807) is 0 Å². The molecule has 0 radical (unpaired) electrons. The number of hydrogen-bond acceptors (Lipinski definition) is 6. The highest BCUT2D eigenvalue weighted by Gasteiger charge is 2.14. The normalized spacial score (nSPS) is 11.8. The van der Waals surface area contributed by atoms with E-state index in [0.29, 0.717) is 16.5 Å². The highest BCUT2D eigenvalue weighted by atomic mass is 32.2.